The predicted molar refractivity (Wildman–Crippen MR) is 111 cm³/mol. The maximum atomic E-state index is 13.4. The van der Waals surface area contributed by atoms with Crippen molar-refractivity contribution < 1.29 is 19.1 Å². The molecular weight excluding hydrogens is 412 g/mol. The molecule has 9 nitrogen and oxygen atoms in total. The summed E-state index contributed by atoms with van der Waals surface area (Å²) in [4.78, 5) is 38.8. The number of ether oxygens (including phenoxy) is 2. The van der Waals surface area contributed by atoms with E-state index in [1.165, 1.54) is 29.9 Å². The number of carbonyl (C=O) groups excluding carboxylic acids is 2. The Kier molecular flexibility index (Phi) is 5.93. The third kappa shape index (κ3) is 3.56. The van der Waals surface area contributed by atoms with Crippen LogP contribution in [-0.4, -0.2) is 48.2 Å². The molecule has 10 heteroatoms. The van der Waals surface area contributed by atoms with Gasteiger partial charge >= 0.3 is 11.9 Å². The summed E-state index contributed by atoms with van der Waals surface area (Å²) in [6.45, 7) is 3.30. The van der Waals surface area contributed by atoms with E-state index in [-0.39, 0.29) is 24.4 Å². The zero-order valence-corrected chi connectivity index (χ0v) is 17.8. The fraction of sp³-hybridized carbons (Fsp3) is 0.350. The lowest BCUT2D eigenvalue weighted by atomic mass is 9.76. The van der Waals surface area contributed by atoms with Gasteiger partial charge in [0.2, 0.25) is 0 Å². The summed E-state index contributed by atoms with van der Waals surface area (Å²) in [7, 11) is 2.74. The van der Waals surface area contributed by atoms with E-state index in [0.29, 0.717) is 10.7 Å². The van der Waals surface area contributed by atoms with Crippen LogP contribution in [0.25, 0.3) is 0 Å². The summed E-state index contributed by atoms with van der Waals surface area (Å²) in [5, 5.41) is 10.3. The number of aromatic nitrogens is 2. The maximum Gasteiger partial charge on any atom is 0.356 e. The van der Waals surface area contributed by atoms with Crippen molar-refractivity contribution in [1.29, 1.82) is 0 Å². The first kappa shape index (κ1) is 21.5. The number of carbonyl (C=O) groups is 2. The zero-order chi connectivity index (χ0) is 22.1. The SMILES string of the molecule is CCOC(=O)C1=NN(C)c2cnn(Cc3ccc(Cl)cc3)c(=O)c2C1(C)C(=O)OC. The van der Waals surface area contributed by atoms with E-state index in [4.69, 9.17) is 21.1 Å². The summed E-state index contributed by atoms with van der Waals surface area (Å²) in [5.41, 5.74) is -1.40. The van der Waals surface area contributed by atoms with Gasteiger partial charge in [-0.3, -0.25) is 14.6 Å². The molecule has 1 aromatic heterocycles. The molecule has 0 amide bonds. The van der Waals surface area contributed by atoms with Crippen LogP contribution in [0.5, 0.6) is 0 Å². The number of hydrazone groups is 1. The summed E-state index contributed by atoms with van der Waals surface area (Å²) in [5.74, 6) is -1.60. The summed E-state index contributed by atoms with van der Waals surface area (Å²) < 4.78 is 11.2. The number of hydrogen-bond donors (Lipinski definition) is 0. The van der Waals surface area contributed by atoms with Gasteiger partial charge in [0.15, 0.2) is 5.71 Å². The van der Waals surface area contributed by atoms with Gasteiger partial charge in [-0.25, -0.2) is 9.48 Å². The van der Waals surface area contributed by atoms with Crippen LogP contribution in [0, 0.1) is 0 Å². The second kappa shape index (κ2) is 8.27. The van der Waals surface area contributed by atoms with Gasteiger partial charge in [0.05, 0.1) is 37.7 Å². The molecule has 2 aromatic rings. The molecule has 1 aromatic carbocycles. The van der Waals surface area contributed by atoms with Crippen LogP contribution >= 0.6 is 11.6 Å². The minimum Gasteiger partial charge on any atom is -0.468 e. The van der Waals surface area contributed by atoms with E-state index in [9.17, 15) is 14.4 Å². The fourth-order valence-corrected chi connectivity index (χ4v) is 3.47. The maximum absolute atomic E-state index is 13.4. The second-order valence-corrected chi connectivity index (χ2v) is 7.24. The van der Waals surface area contributed by atoms with Crippen LogP contribution in [-0.2, 0) is 31.0 Å². The second-order valence-electron chi connectivity index (χ2n) is 6.80. The van der Waals surface area contributed by atoms with Crippen molar-refractivity contribution in [2.45, 2.75) is 25.8 Å². The van der Waals surface area contributed by atoms with Crippen molar-refractivity contribution in [3.05, 3.63) is 57.0 Å². The number of methoxy groups -OCH3 is 1. The van der Waals surface area contributed by atoms with Crippen LogP contribution in [0.15, 0.2) is 40.4 Å². The number of rotatable bonds is 5. The Morgan fingerprint density at radius 3 is 2.50 bits per heavy atom. The van der Waals surface area contributed by atoms with E-state index >= 15 is 0 Å². The molecule has 0 aliphatic carbocycles. The van der Waals surface area contributed by atoms with Crippen molar-refractivity contribution in [1.82, 2.24) is 9.78 Å². The van der Waals surface area contributed by atoms with Gasteiger partial charge in [-0.05, 0) is 31.5 Å². The molecule has 1 atom stereocenters. The topological polar surface area (TPSA) is 103 Å². The van der Waals surface area contributed by atoms with Gasteiger partial charge in [0, 0.05) is 12.1 Å². The third-order valence-electron chi connectivity index (χ3n) is 4.90. The van der Waals surface area contributed by atoms with E-state index in [1.54, 1.807) is 38.2 Å². The van der Waals surface area contributed by atoms with Crippen molar-refractivity contribution >= 4 is 34.9 Å². The van der Waals surface area contributed by atoms with Crippen LogP contribution in [0.2, 0.25) is 5.02 Å². The first-order valence-electron chi connectivity index (χ1n) is 9.17. The molecule has 0 bridgehead atoms. The molecule has 1 unspecified atom stereocenters. The van der Waals surface area contributed by atoms with Gasteiger partial charge in [-0.2, -0.15) is 10.2 Å². The Morgan fingerprint density at radius 2 is 1.90 bits per heavy atom. The monoisotopic (exact) mass is 432 g/mol. The van der Waals surface area contributed by atoms with Gasteiger partial charge in [-0.1, -0.05) is 23.7 Å². The molecule has 0 radical (unpaired) electrons. The average molecular weight is 433 g/mol. The van der Waals surface area contributed by atoms with E-state index in [2.05, 4.69) is 10.2 Å². The van der Waals surface area contributed by atoms with Crippen molar-refractivity contribution in [2.75, 3.05) is 25.8 Å². The Hall–Kier alpha value is -3.20. The molecule has 0 spiro atoms. The Morgan fingerprint density at radius 1 is 1.23 bits per heavy atom. The Bertz CT molecular complexity index is 1080. The average Bonchev–Trinajstić information content (AvgIpc) is 2.73. The molecule has 1 aliphatic rings. The van der Waals surface area contributed by atoms with Crippen LogP contribution < -0.4 is 10.6 Å². The number of halogens is 1. The molecule has 3 rings (SSSR count). The molecule has 0 saturated heterocycles. The number of nitrogens with zero attached hydrogens (tertiary/aromatic N) is 4. The van der Waals surface area contributed by atoms with E-state index in [1.807, 2.05) is 0 Å². The molecule has 0 N–H and O–H groups in total. The smallest absolute Gasteiger partial charge is 0.356 e. The van der Waals surface area contributed by atoms with Crippen LogP contribution in [0.4, 0.5) is 5.69 Å². The lowest BCUT2D eigenvalue weighted by molar-refractivity contribution is -0.146. The molecule has 1 aliphatic heterocycles. The molecule has 0 fully saturated rings. The van der Waals surface area contributed by atoms with Crippen LogP contribution in [0.1, 0.15) is 25.0 Å². The van der Waals surface area contributed by atoms with Gasteiger partial charge in [-0.15, -0.1) is 0 Å². The fourth-order valence-electron chi connectivity index (χ4n) is 3.34. The van der Waals surface area contributed by atoms with Crippen molar-refractivity contribution in [2.24, 2.45) is 5.10 Å². The van der Waals surface area contributed by atoms with Gasteiger partial charge < -0.3 is 9.47 Å². The highest BCUT2D eigenvalue weighted by atomic mass is 35.5. The minimum absolute atomic E-state index is 0.0406. The highest BCUT2D eigenvalue weighted by Crippen LogP contribution is 2.36. The van der Waals surface area contributed by atoms with Crippen molar-refractivity contribution in [3.63, 3.8) is 0 Å². The zero-order valence-electron chi connectivity index (χ0n) is 17.0. The number of esters is 2. The Labute approximate surface area is 177 Å². The largest absolute Gasteiger partial charge is 0.468 e. The van der Waals surface area contributed by atoms with Gasteiger partial charge in [0.25, 0.3) is 5.56 Å². The summed E-state index contributed by atoms with van der Waals surface area (Å²) in [6.07, 6.45) is 1.43. The number of benzene rings is 1. The standard InChI is InChI=1S/C20H21ClN4O5/c1-5-30-18(27)16-20(2,19(28)29-4)15-14(24(3)23-16)10-22-25(17(15)26)11-12-6-8-13(21)9-7-12/h6-10H,5,11H2,1-4H3. The van der Waals surface area contributed by atoms with Crippen molar-refractivity contribution in [3.8, 4) is 0 Å². The normalized spacial score (nSPS) is 17.8. The number of fused-ring (bicyclic) bond motifs is 1. The quantitative estimate of drug-likeness (QED) is 0.663. The lowest BCUT2D eigenvalue weighted by Crippen LogP contribution is -2.54. The minimum atomic E-state index is -1.76. The molecule has 158 valence electrons. The first-order chi connectivity index (χ1) is 14.2. The molecule has 0 saturated carbocycles. The number of hydrogen-bond acceptors (Lipinski definition) is 8. The summed E-state index contributed by atoms with van der Waals surface area (Å²) >= 11 is 5.92. The highest BCUT2D eigenvalue weighted by Gasteiger charge is 2.52. The molecule has 30 heavy (non-hydrogen) atoms. The predicted octanol–water partition coefficient (Wildman–Crippen LogP) is 1.74. The van der Waals surface area contributed by atoms with Crippen LogP contribution in [0.3, 0.4) is 0 Å². The third-order valence-corrected chi connectivity index (χ3v) is 5.16. The molecule has 2 heterocycles. The van der Waals surface area contributed by atoms with E-state index < -0.39 is 22.9 Å². The lowest BCUT2D eigenvalue weighted by Gasteiger charge is -2.35. The highest BCUT2D eigenvalue weighted by molar-refractivity contribution is 6.45. The summed E-state index contributed by atoms with van der Waals surface area (Å²) in [6, 6.07) is 6.95. The van der Waals surface area contributed by atoms with Gasteiger partial charge in [0.1, 0.15) is 5.41 Å². The first-order valence-corrected chi connectivity index (χ1v) is 9.55. The Balaban J connectivity index is 2.19. The van der Waals surface area contributed by atoms with E-state index in [0.717, 1.165) is 5.56 Å². The molecular formula is C20H21ClN4O5. The number of anilines is 1.